The van der Waals surface area contributed by atoms with Gasteiger partial charge in [0, 0.05) is 27.7 Å². The largest absolute Gasteiger partial charge is 0.372 e. The molecule has 1 aliphatic heterocycles. The smallest absolute Gasteiger partial charge is 0.163 e. The van der Waals surface area contributed by atoms with Crippen molar-refractivity contribution in [3.8, 4) is 0 Å². The fourth-order valence-corrected chi connectivity index (χ4v) is 4.91. The van der Waals surface area contributed by atoms with Gasteiger partial charge in [-0.3, -0.25) is 4.79 Å². The standard InChI is InChI=1S/C26H22BrFN2O/c1-15-6-8-16(9-7-15)17-12-23-25(24(31)13-17)26(19-14-18(27)10-11-20(19)28)30-22-5-3-2-4-21(22)29-23/h2-11,14,17,26,29-30H,12-13H2,1H3. The number of fused-ring (bicyclic) bond motifs is 1. The summed E-state index contributed by atoms with van der Waals surface area (Å²) in [7, 11) is 0. The van der Waals surface area contributed by atoms with Gasteiger partial charge in [-0.2, -0.15) is 0 Å². The Labute approximate surface area is 189 Å². The van der Waals surface area contributed by atoms with Gasteiger partial charge in [0.05, 0.1) is 17.4 Å². The van der Waals surface area contributed by atoms with Gasteiger partial charge in [-0.05, 0) is 55.2 Å². The van der Waals surface area contributed by atoms with Crippen LogP contribution in [-0.2, 0) is 4.79 Å². The Balaban J connectivity index is 1.63. The van der Waals surface area contributed by atoms with E-state index in [1.54, 1.807) is 12.1 Å². The molecule has 3 aromatic carbocycles. The molecule has 0 amide bonds. The van der Waals surface area contributed by atoms with E-state index in [1.165, 1.54) is 11.6 Å². The molecule has 2 N–H and O–H groups in total. The molecule has 5 rings (SSSR count). The van der Waals surface area contributed by atoms with Crippen molar-refractivity contribution in [2.75, 3.05) is 10.6 Å². The number of carbonyl (C=O) groups is 1. The van der Waals surface area contributed by atoms with E-state index in [4.69, 9.17) is 0 Å². The van der Waals surface area contributed by atoms with Gasteiger partial charge < -0.3 is 10.6 Å². The van der Waals surface area contributed by atoms with Crippen LogP contribution in [0.15, 0.2) is 82.5 Å². The van der Waals surface area contributed by atoms with Crippen LogP contribution in [0.2, 0.25) is 0 Å². The lowest BCUT2D eigenvalue weighted by Gasteiger charge is -2.30. The van der Waals surface area contributed by atoms with E-state index in [1.807, 2.05) is 24.3 Å². The average molecular weight is 477 g/mol. The minimum atomic E-state index is -0.560. The first-order chi connectivity index (χ1) is 15.0. The van der Waals surface area contributed by atoms with Gasteiger partial charge in [-0.1, -0.05) is 57.9 Å². The molecule has 3 nitrogen and oxygen atoms in total. The number of aryl methyl sites for hydroxylation is 1. The first-order valence-corrected chi connectivity index (χ1v) is 11.2. The Morgan fingerprint density at radius 2 is 1.71 bits per heavy atom. The fraction of sp³-hybridized carbons (Fsp3) is 0.192. The van der Waals surface area contributed by atoms with Crippen LogP contribution in [0.5, 0.6) is 0 Å². The zero-order valence-electron chi connectivity index (χ0n) is 17.1. The summed E-state index contributed by atoms with van der Waals surface area (Å²) in [6.45, 7) is 2.06. The van der Waals surface area contributed by atoms with E-state index in [0.29, 0.717) is 24.0 Å². The molecule has 0 saturated heterocycles. The summed E-state index contributed by atoms with van der Waals surface area (Å²) < 4.78 is 15.7. The molecule has 0 bridgehead atoms. The van der Waals surface area contributed by atoms with Crippen molar-refractivity contribution < 1.29 is 9.18 Å². The summed E-state index contributed by atoms with van der Waals surface area (Å²) in [4.78, 5) is 13.5. The number of hydrogen-bond donors (Lipinski definition) is 2. The van der Waals surface area contributed by atoms with E-state index < -0.39 is 6.04 Å². The van der Waals surface area contributed by atoms with Crippen molar-refractivity contribution in [2.24, 2.45) is 0 Å². The predicted molar refractivity (Wildman–Crippen MR) is 126 cm³/mol. The number of ketones is 1. The van der Waals surface area contributed by atoms with Crippen molar-refractivity contribution in [1.82, 2.24) is 0 Å². The van der Waals surface area contributed by atoms with Crippen LogP contribution in [0.25, 0.3) is 0 Å². The van der Waals surface area contributed by atoms with E-state index in [-0.39, 0.29) is 17.5 Å². The van der Waals surface area contributed by atoms with Gasteiger partial charge in [-0.25, -0.2) is 4.39 Å². The van der Waals surface area contributed by atoms with Crippen LogP contribution < -0.4 is 10.6 Å². The molecule has 31 heavy (non-hydrogen) atoms. The summed E-state index contributed by atoms with van der Waals surface area (Å²) in [5, 5.41) is 6.93. The van der Waals surface area contributed by atoms with Crippen molar-refractivity contribution in [3.05, 3.63) is 105 Å². The summed E-state index contributed by atoms with van der Waals surface area (Å²) in [5.74, 6) is -0.193. The lowest BCUT2D eigenvalue weighted by molar-refractivity contribution is -0.116. The SMILES string of the molecule is Cc1ccc(C2CC(=O)C3=C(C2)Nc2ccccc2NC3c2cc(Br)ccc2F)cc1. The third-order valence-electron chi connectivity index (χ3n) is 6.13. The van der Waals surface area contributed by atoms with Crippen molar-refractivity contribution in [1.29, 1.82) is 0 Å². The van der Waals surface area contributed by atoms with Gasteiger partial charge in [0.1, 0.15) is 5.82 Å². The molecule has 0 fully saturated rings. The molecule has 0 saturated carbocycles. The maximum atomic E-state index is 14.9. The molecule has 2 aliphatic rings. The maximum absolute atomic E-state index is 14.9. The van der Waals surface area contributed by atoms with Crippen LogP contribution in [0.1, 0.15) is 41.5 Å². The summed E-state index contributed by atoms with van der Waals surface area (Å²) in [6, 6.07) is 20.5. The predicted octanol–water partition coefficient (Wildman–Crippen LogP) is 6.88. The number of rotatable bonds is 2. The van der Waals surface area contributed by atoms with Crippen molar-refractivity contribution >= 4 is 33.1 Å². The van der Waals surface area contributed by atoms with Crippen LogP contribution >= 0.6 is 15.9 Å². The normalized spacial score (nSPS) is 20.3. The number of nitrogens with one attached hydrogen (secondary N) is 2. The molecule has 0 spiro atoms. The molecule has 0 radical (unpaired) electrons. The zero-order valence-corrected chi connectivity index (χ0v) is 18.7. The van der Waals surface area contributed by atoms with E-state index in [9.17, 15) is 9.18 Å². The first kappa shape index (κ1) is 20.0. The van der Waals surface area contributed by atoms with Gasteiger partial charge in [-0.15, -0.1) is 0 Å². The fourth-order valence-electron chi connectivity index (χ4n) is 4.54. The Hall–Kier alpha value is -2.92. The van der Waals surface area contributed by atoms with Crippen LogP contribution in [-0.4, -0.2) is 5.78 Å². The zero-order chi connectivity index (χ0) is 21.5. The monoisotopic (exact) mass is 476 g/mol. The molecule has 3 aromatic rings. The summed E-state index contributed by atoms with van der Waals surface area (Å²) in [6.07, 6.45) is 1.11. The highest BCUT2D eigenvalue weighted by Gasteiger charge is 2.37. The lowest BCUT2D eigenvalue weighted by atomic mass is 9.78. The molecule has 156 valence electrons. The van der Waals surface area contributed by atoms with E-state index in [0.717, 1.165) is 27.1 Å². The summed E-state index contributed by atoms with van der Waals surface area (Å²) in [5.41, 5.74) is 6.04. The third kappa shape index (κ3) is 3.79. The molecule has 1 aliphatic carbocycles. The number of para-hydroxylation sites is 2. The number of Topliss-reactive ketones (excluding diaryl/α,β-unsaturated/α-hetero) is 1. The summed E-state index contributed by atoms with van der Waals surface area (Å²) >= 11 is 3.45. The topological polar surface area (TPSA) is 41.1 Å². The maximum Gasteiger partial charge on any atom is 0.163 e. The van der Waals surface area contributed by atoms with E-state index >= 15 is 0 Å². The van der Waals surface area contributed by atoms with Gasteiger partial charge in [0.25, 0.3) is 0 Å². The van der Waals surface area contributed by atoms with Crippen molar-refractivity contribution in [2.45, 2.75) is 31.7 Å². The van der Waals surface area contributed by atoms with Crippen LogP contribution in [0.4, 0.5) is 15.8 Å². The highest BCUT2D eigenvalue weighted by Crippen LogP contribution is 2.44. The number of hydrogen-bond acceptors (Lipinski definition) is 3. The molecule has 5 heteroatoms. The van der Waals surface area contributed by atoms with Crippen LogP contribution in [0, 0.1) is 12.7 Å². The highest BCUT2D eigenvalue weighted by molar-refractivity contribution is 9.10. The number of allylic oxidation sites excluding steroid dienone is 1. The third-order valence-corrected chi connectivity index (χ3v) is 6.62. The Bertz CT molecular complexity index is 1200. The molecule has 2 unspecified atom stereocenters. The Morgan fingerprint density at radius 1 is 0.968 bits per heavy atom. The van der Waals surface area contributed by atoms with Crippen LogP contribution in [0.3, 0.4) is 0 Å². The van der Waals surface area contributed by atoms with E-state index in [2.05, 4.69) is 57.8 Å². The number of benzene rings is 3. The Morgan fingerprint density at radius 3 is 2.48 bits per heavy atom. The van der Waals surface area contributed by atoms with Crippen molar-refractivity contribution in [3.63, 3.8) is 0 Å². The second-order valence-corrected chi connectivity index (χ2v) is 9.16. The number of halogens is 2. The Kier molecular flexibility index (Phi) is 5.14. The molecular formula is C26H22BrFN2O. The molecule has 2 atom stereocenters. The number of anilines is 2. The first-order valence-electron chi connectivity index (χ1n) is 10.4. The minimum Gasteiger partial charge on any atom is -0.372 e. The highest BCUT2D eigenvalue weighted by atomic mass is 79.9. The van der Waals surface area contributed by atoms with Gasteiger partial charge >= 0.3 is 0 Å². The number of carbonyl (C=O) groups excluding carboxylic acids is 1. The molecule has 0 aromatic heterocycles. The van der Waals surface area contributed by atoms with Gasteiger partial charge in [0.15, 0.2) is 5.78 Å². The minimum absolute atomic E-state index is 0.0454. The quantitative estimate of drug-likeness (QED) is 0.423. The molecular weight excluding hydrogens is 455 g/mol. The lowest BCUT2D eigenvalue weighted by Crippen LogP contribution is -2.27. The molecule has 1 heterocycles. The second kappa shape index (κ2) is 7.97. The average Bonchev–Trinajstić information content (AvgIpc) is 2.92. The second-order valence-electron chi connectivity index (χ2n) is 8.25. The van der Waals surface area contributed by atoms with Gasteiger partial charge in [0.2, 0.25) is 0 Å².